The number of likely N-dealkylation sites (tertiary alicyclic amines) is 1. The van der Waals surface area contributed by atoms with E-state index in [1.165, 1.54) is 0 Å². The van der Waals surface area contributed by atoms with Crippen LogP contribution in [0.15, 0.2) is 18.2 Å². The van der Waals surface area contributed by atoms with E-state index in [9.17, 15) is 4.39 Å². The summed E-state index contributed by atoms with van der Waals surface area (Å²) in [6.07, 6.45) is 3.06. The Balaban J connectivity index is 2.32. The molecule has 0 radical (unpaired) electrons. The first-order chi connectivity index (χ1) is 9.65. The molecule has 1 aliphatic heterocycles. The van der Waals surface area contributed by atoms with Gasteiger partial charge in [-0.3, -0.25) is 4.90 Å². The van der Waals surface area contributed by atoms with Gasteiger partial charge in [0.2, 0.25) is 0 Å². The summed E-state index contributed by atoms with van der Waals surface area (Å²) < 4.78 is 19.5. The fraction of sp³-hybridized carbons (Fsp3) is 0.600. The summed E-state index contributed by atoms with van der Waals surface area (Å²) in [4.78, 5) is 2.22. The average molecular weight is 301 g/mol. The van der Waals surface area contributed by atoms with Crippen molar-refractivity contribution >= 4 is 11.6 Å². The maximum Gasteiger partial charge on any atom is 0.146 e. The Labute approximate surface area is 124 Å². The van der Waals surface area contributed by atoms with E-state index in [0.717, 1.165) is 32.4 Å². The fourth-order valence-electron chi connectivity index (χ4n) is 2.90. The maximum absolute atomic E-state index is 14.3. The van der Waals surface area contributed by atoms with Gasteiger partial charge in [0.15, 0.2) is 0 Å². The van der Waals surface area contributed by atoms with Gasteiger partial charge < -0.3 is 10.5 Å². The molecule has 0 aromatic heterocycles. The summed E-state index contributed by atoms with van der Waals surface area (Å²) in [5, 5.41) is 0.158. The Morgan fingerprint density at radius 2 is 2.25 bits per heavy atom. The van der Waals surface area contributed by atoms with Crippen molar-refractivity contribution < 1.29 is 9.13 Å². The van der Waals surface area contributed by atoms with E-state index in [1.54, 1.807) is 25.3 Å². The lowest BCUT2D eigenvalue weighted by atomic mass is 9.96. The molecule has 112 valence electrons. The van der Waals surface area contributed by atoms with Crippen LogP contribution in [0.5, 0.6) is 0 Å². The first kappa shape index (κ1) is 15.7. The van der Waals surface area contributed by atoms with Crippen LogP contribution in [0.1, 0.15) is 30.9 Å². The minimum absolute atomic E-state index is 0.0812. The van der Waals surface area contributed by atoms with Gasteiger partial charge in [0.1, 0.15) is 5.82 Å². The molecular formula is C15H22ClFN2O. The van der Waals surface area contributed by atoms with Crippen molar-refractivity contribution in [3.8, 4) is 0 Å². The van der Waals surface area contributed by atoms with Crippen LogP contribution in [0.25, 0.3) is 0 Å². The molecule has 0 bridgehead atoms. The summed E-state index contributed by atoms with van der Waals surface area (Å²) in [6.45, 7) is 2.28. The topological polar surface area (TPSA) is 38.5 Å². The smallest absolute Gasteiger partial charge is 0.146 e. The minimum atomic E-state index is -0.348. The van der Waals surface area contributed by atoms with Gasteiger partial charge in [-0.15, -0.1) is 0 Å². The zero-order valence-corrected chi connectivity index (χ0v) is 12.6. The Hall–Kier alpha value is -0.680. The number of hydrogen-bond acceptors (Lipinski definition) is 3. The lowest BCUT2D eigenvalue weighted by Crippen LogP contribution is -2.41. The minimum Gasteiger partial charge on any atom is -0.383 e. The number of hydrogen-bond donors (Lipinski definition) is 1. The molecule has 1 saturated heterocycles. The Bertz CT molecular complexity index is 444. The van der Waals surface area contributed by atoms with Crippen molar-refractivity contribution in [2.24, 2.45) is 5.73 Å². The molecule has 2 N–H and O–H groups in total. The van der Waals surface area contributed by atoms with Gasteiger partial charge in [0, 0.05) is 25.3 Å². The van der Waals surface area contributed by atoms with Crippen LogP contribution in [0.4, 0.5) is 4.39 Å². The van der Waals surface area contributed by atoms with E-state index in [-0.39, 0.29) is 22.9 Å². The number of nitrogens with zero attached hydrogens (tertiary/aromatic N) is 1. The van der Waals surface area contributed by atoms with Crippen molar-refractivity contribution in [2.75, 3.05) is 26.8 Å². The predicted octanol–water partition coefficient (Wildman–Crippen LogP) is 2.98. The second kappa shape index (κ2) is 7.36. The highest BCUT2D eigenvalue weighted by atomic mass is 35.5. The molecule has 2 atom stereocenters. The predicted molar refractivity (Wildman–Crippen MR) is 79.4 cm³/mol. The Morgan fingerprint density at radius 3 is 3.00 bits per heavy atom. The SMILES string of the molecule is COCCN1CCCCC(N)C1c1cccc(Cl)c1F. The summed E-state index contributed by atoms with van der Waals surface area (Å²) in [7, 11) is 1.67. The Kier molecular flexibility index (Phi) is 5.78. The molecule has 3 nitrogen and oxygen atoms in total. The molecule has 1 aromatic rings. The van der Waals surface area contributed by atoms with Gasteiger partial charge in [0.05, 0.1) is 17.7 Å². The molecule has 1 aromatic carbocycles. The number of ether oxygens (including phenoxy) is 1. The highest BCUT2D eigenvalue weighted by Gasteiger charge is 2.31. The summed E-state index contributed by atoms with van der Waals surface area (Å²) in [5.74, 6) is -0.348. The molecule has 1 fully saturated rings. The van der Waals surface area contributed by atoms with E-state index in [4.69, 9.17) is 22.1 Å². The van der Waals surface area contributed by atoms with Crippen molar-refractivity contribution in [3.63, 3.8) is 0 Å². The number of rotatable bonds is 4. The molecule has 1 heterocycles. The van der Waals surface area contributed by atoms with Crippen LogP contribution in [-0.2, 0) is 4.74 Å². The third-order valence-electron chi connectivity index (χ3n) is 3.91. The number of halogens is 2. The van der Waals surface area contributed by atoms with E-state index < -0.39 is 0 Å². The van der Waals surface area contributed by atoms with E-state index in [1.807, 2.05) is 0 Å². The van der Waals surface area contributed by atoms with Gasteiger partial charge in [-0.05, 0) is 25.5 Å². The van der Waals surface area contributed by atoms with Crippen LogP contribution in [-0.4, -0.2) is 37.7 Å². The van der Waals surface area contributed by atoms with Gasteiger partial charge in [-0.1, -0.05) is 30.2 Å². The molecule has 2 unspecified atom stereocenters. The maximum atomic E-state index is 14.3. The van der Waals surface area contributed by atoms with Crippen LogP contribution in [0.3, 0.4) is 0 Å². The number of benzene rings is 1. The molecule has 0 amide bonds. The van der Waals surface area contributed by atoms with E-state index in [2.05, 4.69) is 4.90 Å². The standard InChI is InChI=1S/C15H22ClFN2O/c1-20-10-9-19-8-3-2-7-13(18)15(19)11-5-4-6-12(16)14(11)17/h4-6,13,15H,2-3,7-10,18H2,1H3. The second-order valence-electron chi connectivity index (χ2n) is 5.28. The lowest BCUT2D eigenvalue weighted by Gasteiger charge is -2.34. The largest absolute Gasteiger partial charge is 0.383 e. The third kappa shape index (κ3) is 3.50. The average Bonchev–Trinajstić information content (AvgIpc) is 2.62. The zero-order chi connectivity index (χ0) is 14.5. The molecule has 2 rings (SSSR count). The lowest BCUT2D eigenvalue weighted by molar-refractivity contribution is 0.113. The highest BCUT2D eigenvalue weighted by molar-refractivity contribution is 6.30. The molecule has 20 heavy (non-hydrogen) atoms. The van der Waals surface area contributed by atoms with Crippen molar-refractivity contribution in [1.29, 1.82) is 0 Å². The Morgan fingerprint density at radius 1 is 1.45 bits per heavy atom. The summed E-state index contributed by atoms with van der Waals surface area (Å²) >= 11 is 5.91. The molecule has 1 aliphatic rings. The van der Waals surface area contributed by atoms with E-state index in [0.29, 0.717) is 12.2 Å². The molecule has 5 heteroatoms. The van der Waals surface area contributed by atoms with Gasteiger partial charge in [0.25, 0.3) is 0 Å². The number of methoxy groups -OCH3 is 1. The van der Waals surface area contributed by atoms with Gasteiger partial charge in [-0.2, -0.15) is 0 Å². The van der Waals surface area contributed by atoms with Gasteiger partial charge in [-0.25, -0.2) is 4.39 Å². The zero-order valence-electron chi connectivity index (χ0n) is 11.8. The molecular weight excluding hydrogens is 279 g/mol. The monoisotopic (exact) mass is 300 g/mol. The van der Waals surface area contributed by atoms with Crippen molar-refractivity contribution in [2.45, 2.75) is 31.3 Å². The third-order valence-corrected chi connectivity index (χ3v) is 4.21. The second-order valence-corrected chi connectivity index (χ2v) is 5.68. The molecule has 0 saturated carbocycles. The van der Waals surface area contributed by atoms with Crippen molar-refractivity contribution in [3.05, 3.63) is 34.6 Å². The summed E-state index contributed by atoms with van der Waals surface area (Å²) in [5.41, 5.74) is 6.90. The summed E-state index contributed by atoms with van der Waals surface area (Å²) in [6, 6.07) is 4.93. The molecule has 0 aliphatic carbocycles. The van der Waals surface area contributed by atoms with E-state index >= 15 is 0 Å². The van der Waals surface area contributed by atoms with Crippen LogP contribution in [0.2, 0.25) is 5.02 Å². The highest BCUT2D eigenvalue weighted by Crippen LogP contribution is 2.33. The quantitative estimate of drug-likeness (QED) is 0.929. The van der Waals surface area contributed by atoms with Gasteiger partial charge >= 0.3 is 0 Å². The van der Waals surface area contributed by atoms with Crippen LogP contribution in [0, 0.1) is 5.82 Å². The number of nitrogens with two attached hydrogens (primary N) is 1. The first-order valence-electron chi connectivity index (χ1n) is 7.07. The molecule has 0 spiro atoms. The van der Waals surface area contributed by atoms with Crippen LogP contribution >= 0.6 is 11.6 Å². The fourth-order valence-corrected chi connectivity index (χ4v) is 3.08. The van der Waals surface area contributed by atoms with Crippen molar-refractivity contribution in [1.82, 2.24) is 4.90 Å². The van der Waals surface area contributed by atoms with Crippen LogP contribution < -0.4 is 5.73 Å². The normalized spacial score (nSPS) is 24.6. The first-order valence-corrected chi connectivity index (χ1v) is 7.45.